The Morgan fingerprint density at radius 2 is 1.09 bits per heavy atom. The van der Waals surface area contributed by atoms with Gasteiger partial charge in [0.15, 0.2) is 24.8 Å². The molecule has 0 bridgehead atoms. The minimum Gasteiger partial charge on any atom is -0.459 e. The van der Waals surface area contributed by atoms with Crippen molar-refractivity contribution in [1.82, 2.24) is 0 Å². The molecule has 224 valence electrons. The number of methoxy groups -OCH3 is 1. The fourth-order valence-electron chi connectivity index (χ4n) is 5.07. The number of carbonyl (C=O) groups is 3. The van der Waals surface area contributed by atoms with Crippen LogP contribution in [0.3, 0.4) is 0 Å². The molecule has 43 heavy (non-hydrogen) atoms. The second-order valence-corrected chi connectivity index (χ2v) is 10.2. The summed E-state index contributed by atoms with van der Waals surface area (Å²) in [6.07, 6.45) is -5.97. The van der Waals surface area contributed by atoms with Crippen LogP contribution in [0.2, 0.25) is 0 Å². The van der Waals surface area contributed by atoms with Gasteiger partial charge in [0.25, 0.3) is 0 Å². The van der Waals surface area contributed by atoms with Gasteiger partial charge < -0.3 is 37.9 Å². The van der Waals surface area contributed by atoms with Crippen LogP contribution < -0.4 is 0 Å². The highest BCUT2D eigenvalue weighted by molar-refractivity contribution is 5.91. The molecule has 3 aromatic carbocycles. The minimum absolute atomic E-state index is 0.0148. The van der Waals surface area contributed by atoms with Gasteiger partial charge in [-0.1, -0.05) is 54.6 Å². The van der Waals surface area contributed by atoms with Crippen molar-refractivity contribution in [3.8, 4) is 0 Å². The van der Waals surface area contributed by atoms with Gasteiger partial charge in [-0.2, -0.15) is 0 Å². The average molecular weight is 591 g/mol. The summed E-state index contributed by atoms with van der Waals surface area (Å²) in [4.78, 5) is 39.1. The lowest BCUT2D eigenvalue weighted by molar-refractivity contribution is -0.211. The zero-order valence-electron chi connectivity index (χ0n) is 23.2. The quantitative estimate of drug-likeness (QED) is 0.186. The maximum atomic E-state index is 13.2. The number of carbonyl (C=O) groups excluding carboxylic acids is 3. The summed E-state index contributed by atoms with van der Waals surface area (Å²) in [5.74, 6) is -1.94. The van der Waals surface area contributed by atoms with E-state index < -0.39 is 54.9 Å². The molecule has 11 nitrogen and oxygen atoms in total. The Balaban J connectivity index is 1.23. The van der Waals surface area contributed by atoms with Crippen molar-refractivity contribution in [2.24, 2.45) is 0 Å². The highest BCUT2D eigenvalue weighted by Crippen LogP contribution is 2.40. The maximum Gasteiger partial charge on any atom is 0.338 e. The lowest BCUT2D eigenvalue weighted by Gasteiger charge is -2.25. The number of fused-ring (bicyclic) bond motifs is 1. The normalized spacial score (nSPS) is 29.0. The second kappa shape index (κ2) is 13.0. The van der Waals surface area contributed by atoms with Crippen LogP contribution in [-0.2, 0) is 37.9 Å². The summed E-state index contributed by atoms with van der Waals surface area (Å²) in [5, 5.41) is 0. The summed E-state index contributed by atoms with van der Waals surface area (Å²) in [6.45, 7) is -0.292. The predicted molar refractivity (Wildman–Crippen MR) is 147 cm³/mol. The Labute approximate surface area is 247 Å². The van der Waals surface area contributed by atoms with E-state index in [0.717, 1.165) is 0 Å². The van der Waals surface area contributed by atoms with E-state index in [1.807, 2.05) is 0 Å². The molecule has 3 saturated heterocycles. The van der Waals surface area contributed by atoms with Gasteiger partial charge in [0, 0.05) is 7.11 Å². The van der Waals surface area contributed by atoms with Crippen LogP contribution in [0.4, 0.5) is 0 Å². The van der Waals surface area contributed by atoms with Gasteiger partial charge >= 0.3 is 17.9 Å². The first-order chi connectivity index (χ1) is 21.0. The Kier molecular flexibility index (Phi) is 8.77. The lowest BCUT2D eigenvalue weighted by atomic mass is 10.1. The zero-order chi connectivity index (χ0) is 29.8. The second-order valence-electron chi connectivity index (χ2n) is 10.2. The zero-order valence-corrected chi connectivity index (χ0v) is 23.2. The standard InChI is InChI=1S/C32H30O11/c1-36-31-26-24(41-26)23(39-31)18-38-32-27(43-30(35)21-15-9-4-10-16-21)25(42-29(34)20-13-7-3-8-14-20)22(40-32)17-37-28(33)19-11-5-2-6-12-19/h2-16,22-27,31-32H,17-18H2,1H3/t22-,23-,24+,25-,26+,27+,31+,32+/m1/s1. The van der Waals surface area contributed by atoms with Crippen molar-refractivity contribution < 1.29 is 52.3 Å². The predicted octanol–water partition coefficient (Wildman–Crippen LogP) is 3.17. The van der Waals surface area contributed by atoms with Crippen molar-refractivity contribution >= 4 is 17.9 Å². The van der Waals surface area contributed by atoms with Gasteiger partial charge in [-0.15, -0.1) is 0 Å². The molecule has 3 aliphatic heterocycles. The smallest absolute Gasteiger partial charge is 0.338 e. The maximum absolute atomic E-state index is 13.2. The van der Waals surface area contributed by atoms with E-state index in [2.05, 4.69) is 0 Å². The molecule has 3 fully saturated rings. The van der Waals surface area contributed by atoms with Gasteiger partial charge in [0.1, 0.15) is 31.0 Å². The van der Waals surface area contributed by atoms with E-state index in [1.54, 1.807) is 91.0 Å². The highest BCUT2D eigenvalue weighted by atomic mass is 16.8. The summed E-state index contributed by atoms with van der Waals surface area (Å²) < 4.78 is 46.2. The van der Waals surface area contributed by atoms with Gasteiger partial charge in [-0.3, -0.25) is 0 Å². The number of benzene rings is 3. The number of hydrogen-bond donors (Lipinski definition) is 0. The van der Waals surface area contributed by atoms with E-state index >= 15 is 0 Å². The molecule has 3 aromatic rings. The molecular formula is C32H30O11. The molecule has 11 heteroatoms. The molecular weight excluding hydrogens is 560 g/mol. The molecule has 8 atom stereocenters. The fourth-order valence-corrected chi connectivity index (χ4v) is 5.07. The molecule has 3 heterocycles. The Morgan fingerprint density at radius 1 is 0.581 bits per heavy atom. The number of esters is 3. The van der Waals surface area contributed by atoms with Crippen LogP contribution in [0.5, 0.6) is 0 Å². The Hall–Kier alpha value is -4.13. The largest absolute Gasteiger partial charge is 0.459 e. The molecule has 0 aromatic heterocycles. The third kappa shape index (κ3) is 6.61. The molecule has 0 aliphatic carbocycles. The summed E-state index contributed by atoms with van der Waals surface area (Å²) in [7, 11) is 1.53. The van der Waals surface area contributed by atoms with Crippen LogP contribution in [-0.4, -0.2) is 87.4 Å². The minimum atomic E-state index is -1.21. The van der Waals surface area contributed by atoms with Gasteiger partial charge in [-0.25, -0.2) is 14.4 Å². The van der Waals surface area contributed by atoms with Crippen LogP contribution in [0.25, 0.3) is 0 Å². The van der Waals surface area contributed by atoms with E-state index in [9.17, 15) is 14.4 Å². The number of hydrogen-bond acceptors (Lipinski definition) is 11. The van der Waals surface area contributed by atoms with Gasteiger partial charge in [0.05, 0.1) is 23.3 Å². The average Bonchev–Trinajstić information content (AvgIpc) is 3.68. The van der Waals surface area contributed by atoms with E-state index in [1.165, 1.54) is 7.11 Å². The van der Waals surface area contributed by atoms with Crippen LogP contribution in [0, 0.1) is 0 Å². The Bertz CT molecular complexity index is 1400. The fraction of sp³-hybridized carbons (Fsp3) is 0.344. The summed E-state index contributed by atoms with van der Waals surface area (Å²) >= 11 is 0. The van der Waals surface area contributed by atoms with Crippen LogP contribution in [0.1, 0.15) is 31.1 Å². The topological polar surface area (TPSA) is 128 Å². The molecule has 0 unspecified atom stereocenters. The molecule has 0 saturated carbocycles. The van der Waals surface area contributed by atoms with Crippen molar-refractivity contribution in [2.75, 3.05) is 20.3 Å². The first kappa shape index (κ1) is 29.0. The van der Waals surface area contributed by atoms with Crippen molar-refractivity contribution in [1.29, 1.82) is 0 Å². The molecule has 0 amide bonds. The highest BCUT2D eigenvalue weighted by Gasteiger charge is 2.59. The van der Waals surface area contributed by atoms with Crippen molar-refractivity contribution in [3.05, 3.63) is 108 Å². The van der Waals surface area contributed by atoms with Crippen molar-refractivity contribution in [2.45, 2.75) is 49.2 Å². The van der Waals surface area contributed by atoms with Gasteiger partial charge in [-0.05, 0) is 36.4 Å². The number of rotatable bonds is 11. The summed E-state index contributed by atoms with van der Waals surface area (Å²) in [6, 6.07) is 25.1. The SMILES string of the molecule is CO[C@H]1O[C@H](CO[C@H]2O[C@H](COC(=O)c3ccccc3)[C@@H](OC(=O)c3ccccc3)[C@@H]2OC(=O)c2ccccc2)[C@@H]2O[C@H]12. The summed E-state index contributed by atoms with van der Waals surface area (Å²) in [5.41, 5.74) is 0.898. The van der Waals surface area contributed by atoms with Crippen molar-refractivity contribution in [3.63, 3.8) is 0 Å². The van der Waals surface area contributed by atoms with E-state index in [0.29, 0.717) is 5.56 Å². The van der Waals surface area contributed by atoms with Gasteiger partial charge in [0.2, 0.25) is 0 Å². The third-order valence-corrected chi connectivity index (χ3v) is 7.32. The third-order valence-electron chi connectivity index (χ3n) is 7.32. The van der Waals surface area contributed by atoms with E-state index in [-0.39, 0.29) is 36.5 Å². The molecule has 0 N–H and O–H groups in total. The number of epoxide rings is 1. The van der Waals surface area contributed by atoms with Crippen LogP contribution in [0.15, 0.2) is 91.0 Å². The molecule has 6 rings (SSSR count). The van der Waals surface area contributed by atoms with E-state index in [4.69, 9.17) is 37.9 Å². The Morgan fingerprint density at radius 3 is 1.63 bits per heavy atom. The van der Waals surface area contributed by atoms with Crippen LogP contribution >= 0.6 is 0 Å². The monoisotopic (exact) mass is 590 g/mol. The first-order valence-corrected chi connectivity index (χ1v) is 13.9. The number of ether oxygens (including phenoxy) is 8. The molecule has 0 radical (unpaired) electrons. The molecule has 3 aliphatic rings. The first-order valence-electron chi connectivity index (χ1n) is 13.9. The lowest BCUT2D eigenvalue weighted by Crippen LogP contribution is -2.43. The molecule has 0 spiro atoms.